The van der Waals surface area contributed by atoms with Crippen molar-refractivity contribution in [3.8, 4) is 0 Å². The smallest absolute Gasteiger partial charge is 0.389 e. The van der Waals surface area contributed by atoms with Gasteiger partial charge in [0.1, 0.15) is 0 Å². The zero-order valence-corrected chi connectivity index (χ0v) is 9.17. The van der Waals surface area contributed by atoms with Crippen LogP contribution in [0.4, 0.5) is 13.2 Å². The molecule has 0 saturated carbocycles. The maximum absolute atomic E-state index is 12.0. The van der Waals surface area contributed by atoms with Crippen LogP contribution < -0.4 is 0 Å². The van der Waals surface area contributed by atoms with Gasteiger partial charge < -0.3 is 9.52 Å². The van der Waals surface area contributed by atoms with Gasteiger partial charge in [-0.15, -0.1) is 0 Å². The molecule has 0 fully saturated rings. The van der Waals surface area contributed by atoms with Gasteiger partial charge in [-0.1, -0.05) is 13.3 Å². The minimum absolute atomic E-state index is 0.178. The highest BCUT2D eigenvalue weighted by Crippen LogP contribution is 2.23. The third kappa shape index (κ3) is 4.08. The van der Waals surface area contributed by atoms with Gasteiger partial charge in [-0.2, -0.15) is 13.2 Å². The average Bonchev–Trinajstić information content (AvgIpc) is 2.58. The fourth-order valence-electron chi connectivity index (χ4n) is 1.33. The zero-order valence-electron chi connectivity index (χ0n) is 9.17. The van der Waals surface area contributed by atoms with Crippen molar-refractivity contribution in [2.45, 2.75) is 38.8 Å². The quantitative estimate of drug-likeness (QED) is 0.873. The van der Waals surface area contributed by atoms with Crippen molar-refractivity contribution in [2.24, 2.45) is 0 Å². The van der Waals surface area contributed by atoms with Gasteiger partial charge in [-0.05, 0) is 6.42 Å². The molecule has 0 aromatic carbocycles. The topological polar surface area (TPSA) is 63.3 Å². The molecule has 0 aliphatic carbocycles. The third-order valence-electron chi connectivity index (χ3n) is 2.05. The molecule has 0 aliphatic rings. The lowest BCUT2D eigenvalue weighted by Crippen LogP contribution is -2.08. The van der Waals surface area contributed by atoms with E-state index < -0.39 is 25.0 Å². The minimum Gasteiger partial charge on any atom is -0.475 e. The molecule has 0 amide bonds. The molecular weight excluding hydrogens is 239 g/mol. The fourth-order valence-corrected chi connectivity index (χ4v) is 1.33. The van der Waals surface area contributed by atoms with E-state index in [0.717, 1.165) is 0 Å². The molecule has 1 aromatic heterocycles. The molecule has 7 heteroatoms. The number of rotatable bonds is 5. The molecule has 0 spiro atoms. The second-order valence-corrected chi connectivity index (χ2v) is 3.55. The van der Waals surface area contributed by atoms with E-state index in [1.165, 1.54) is 0 Å². The average molecular weight is 251 g/mol. The van der Waals surface area contributed by atoms with Gasteiger partial charge in [0, 0.05) is 6.42 Å². The maximum Gasteiger partial charge on any atom is 0.389 e. The van der Waals surface area contributed by atoms with Crippen molar-refractivity contribution in [3.63, 3.8) is 0 Å². The van der Waals surface area contributed by atoms with E-state index >= 15 is 0 Å². The molecular formula is C10H12F3NO3. The predicted octanol–water partition coefficient (Wildman–Crippen LogP) is 2.82. The Balaban J connectivity index is 2.81. The lowest BCUT2D eigenvalue weighted by molar-refractivity contribution is -0.134. The first-order chi connectivity index (χ1) is 7.83. The Labute approximate surface area is 95.5 Å². The Morgan fingerprint density at radius 2 is 2.06 bits per heavy atom. The molecule has 96 valence electrons. The van der Waals surface area contributed by atoms with Gasteiger partial charge in [0.15, 0.2) is 5.89 Å². The molecule has 1 N–H and O–H groups in total. The van der Waals surface area contributed by atoms with Crippen LogP contribution in [0.15, 0.2) is 4.42 Å². The summed E-state index contributed by atoms with van der Waals surface area (Å²) in [6.07, 6.45) is -4.79. The number of carbonyl (C=O) groups is 1. The molecule has 1 heterocycles. The summed E-state index contributed by atoms with van der Waals surface area (Å²) >= 11 is 0. The maximum atomic E-state index is 12.0. The number of halogens is 3. The fraction of sp³-hybridized carbons (Fsp3) is 0.600. The summed E-state index contributed by atoms with van der Waals surface area (Å²) in [7, 11) is 0. The zero-order chi connectivity index (χ0) is 13.1. The molecule has 0 unspecified atom stereocenters. The van der Waals surface area contributed by atoms with Gasteiger partial charge in [0.25, 0.3) is 0 Å². The molecule has 0 bridgehead atoms. The number of nitrogens with zero attached hydrogens (tertiary/aromatic N) is 1. The number of hydrogen-bond donors (Lipinski definition) is 1. The number of aromatic nitrogens is 1. The van der Waals surface area contributed by atoms with Gasteiger partial charge in [-0.25, -0.2) is 9.78 Å². The van der Waals surface area contributed by atoms with Crippen LogP contribution in [0.1, 0.15) is 41.9 Å². The van der Waals surface area contributed by atoms with E-state index in [4.69, 9.17) is 9.52 Å². The number of hydrogen-bond acceptors (Lipinski definition) is 3. The summed E-state index contributed by atoms with van der Waals surface area (Å²) in [5.41, 5.74) is 0.206. The van der Waals surface area contributed by atoms with Crippen molar-refractivity contribution < 1.29 is 27.5 Å². The van der Waals surface area contributed by atoms with Gasteiger partial charge in [0.2, 0.25) is 5.76 Å². The van der Waals surface area contributed by atoms with Crippen molar-refractivity contribution >= 4 is 5.97 Å². The van der Waals surface area contributed by atoms with Crippen LogP contribution in [0.2, 0.25) is 0 Å². The number of carboxylic acid groups (broad SMARTS) is 1. The Hall–Kier alpha value is -1.53. The summed E-state index contributed by atoms with van der Waals surface area (Å²) in [4.78, 5) is 14.5. The molecule has 4 nitrogen and oxygen atoms in total. The molecule has 0 saturated heterocycles. The first-order valence-electron chi connectivity index (χ1n) is 5.12. The number of oxazole rings is 1. The third-order valence-corrected chi connectivity index (χ3v) is 2.05. The summed E-state index contributed by atoms with van der Waals surface area (Å²) in [5.74, 6) is -1.84. The lowest BCUT2D eigenvalue weighted by Gasteiger charge is -2.02. The largest absolute Gasteiger partial charge is 0.475 e. The number of aromatic carboxylic acids is 1. The van der Waals surface area contributed by atoms with Crippen molar-refractivity contribution in [1.82, 2.24) is 4.98 Å². The Morgan fingerprint density at radius 1 is 1.41 bits per heavy atom. The van der Waals surface area contributed by atoms with E-state index in [9.17, 15) is 18.0 Å². The predicted molar refractivity (Wildman–Crippen MR) is 51.8 cm³/mol. The number of alkyl halides is 3. The Bertz CT molecular complexity index is 398. The van der Waals surface area contributed by atoms with Crippen LogP contribution in [-0.4, -0.2) is 22.2 Å². The second-order valence-electron chi connectivity index (χ2n) is 3.55. The van der Waals surface area contributed by atoms with E-state index in [0.29, 0.717) is 12.8 Å². The van der Waals surface area contributed by atoms with Crippen molar-refractivity contribution in [1.29, 1.82) is 0 Å². The van der Waals surface area contributed by atoms with E-state index in [1.54, 1.807) is 0 Å². The minimum atomic E-state index is -4.30. The van der Waals surface area contributed by atoms with Crippen molar-refractivity contribution in [3.05, 3.63) is 17.3 Å². The molecule has 1 rings (SSSR count). The first kappa shape index (κ1) is 13.5. The van der Waals surface area contributed by atoms with Gasteiger partial charge in [-0.3, -0.25) is 0 Å². The monoisotopic (exact) mass is 251 g/mol. The standard InChI is InChI=1S/C10H12F3NO3/c1-2-3-6-8(9(15)16)17-7(14-6)4-5-10(11,12)13/h2-5H2,1H3,(H,15,16). The highest BCUT2D eigenvalue weighted by molar-refractivity contribution is 5.85. The van der Waals surface area contributed by atoms with Gasteiger partial charge >= 0.3 is 12.1 Å². The molecule has 0 atom stereocenters. The summed E-state index contributed by atoms with van der Waals surface area (Å²) in [6.45, 7) is 1.82. The Kier molecular flexibility index (Phi) is 4.14. The number of aryl methyl sites for hydroxylation is 2. The summed E-state index contributed by atoms with van der Waals surface area (Å²) in [6, 6.07) is 0. The molecule has 0 aliphatic heterocycles. The van der Waals surface area contributed by atoms with Crippen molar-refractivity contribution in [2.75, 3.05) is 0 Å². The first-order valence-corrected chi connectivity index (χ1v) is 5.12. The normalized spacial score (nSPS) is 11.8. The highest BCUT2D eigenvalue weighted by atomic mass is 19.4. The molecule has 17 heavy (non-hydrogen) atoms. The van der Waals surface area contributed by atoms with Crippen LogP contribution in [0.3, 0.4) is 0 Å². The van der Waals surface area contributed by atoms with E-state index in [-0.39, 0.29) is 17.3 Å². The molecule has 0 radical (unpaired) electrons. The van der Waals surface area contributed by atoms with Crippen LogP contribution in [0, 0.1) is 0 Å². The summed E-state index contributed by atoms with van der Waals surface area (Å²) < 4.78 is 40.7. The number of carboxylic acids is 1. The summed E-state index contributed by atoms with van der Waals surface area (Å²) in [5, 5.41) is 8.78. The molecule has 1 aromatic rings. The van der Waals surface area contributed by atoms with E-state index in [2.05, 4.69) is 4.98 Å². The van der Waals surface area contributed by atoms with Crippen LogP contribution in [-0.2, 0) is 12.8 Å². The van der Waals surface area contributed by atoms with Crippen LogP contribution in [0.5, 0.6) is 0 Å². The SMILES string of the molecule is CCCc1nc(CCC(F)(F)F)oc1C(=O)O. The van der Waals surface area contributed by atoms with E-state index in [1.807, 2.05) is 6.92 Å². The van der Waals surface area contributed by atoms with Crippen LogP contribution >= 0.6 is 0 Å². The van der Waals surface area contributed by atoms with Crippen LogP contribution in [0.25, 0.3) is 0 Å². The lowest BCUT2D eigenvalue weighted by atomic mass is 10.2. The highest BCUT2D eigenvalue weighted by Gasteiger charge is 2.28. The van der Waals surface area contributed by atoms with Gasteiger partial charge in [0.05, 0.1) is 12.1 Å². The second kappa shape index (κ2) is 5.20. The Morgan fingerprint density at radius 3 is 2.53 bits per heavy atom.